The van der Waals surface area contributed by atoms with Gasteiger partial charge in [0.1, 0.15) is 5.01 Å². The number of aryl methyl sites for hydroxylation is 1. The molecular weight excluding hydrogens is 220 g/mol. The first-order valence-corrected chi connectivity index (χ1v) is 6.32. The van der Waals surface area contributed by atoms with E-state index in [0.29, 0.717) is 6.04 Å². The lowest BCUT2D eigenvalue weighted by molar-refractivity contribution is 0.530. The molecule has 0 saturated heterocycles. The maximum atomic E-state index is 4.29. The Labute approximate surface area is 99.3 Å². The highest BCUT2D eigenvalue weighted by Gasteiger charge is 2.08. The molecule has 4 nitrogen and oxygen atoms in total. The van der Waals surface area contributed by atoms with Crippen molar-refractivity contribution in [2.24, 2.45) is 0 Å². The van der Waals surface area contributed by atoms with E-state index in [-0.39, 0.29) is 0 Å². The molecule has 0 aliphatic rings. The summed E-state index contributed by atoms with van der Waals surface area (Å²) < 4.78 is 2.00. The van der Waals surface area contributed by atoms with Crippen molar-refractivity contribution in [3.63, 3.8) is 0 Å². The van der Waals surface area contributed by atoms with Gasteiger partial charge in [0.05, 0.1) is 11.7 Å². The van der Waals surface area contributed by atoms with Crippen molar-refractivity contribution in [3.8, 4) is 0 Å². The van der Waals surface area contributed by atoms with Gasteiger partial charge in [-0.2, -0.15) is 5.10 Å². The largest absolute Gasteiger partial charge is 0.302 e. The standard InChI is InChI=1S/C11H16N4S/c1-3-15-10(4-5-14-15)8-13-9(2)11-12-6-7-16-11/h4-7,9,13H,3,8H2,1-2H3. The third-order valence-electron chi connectivity index (χ3n) is 2.52. The van der Waals surface area contributed by atoms with E-state index < -0.39 is 0 Å². The van der Waals surface area contributed by atoms with Crippen molar-refractivity contribution in [2.75, 3.05) is 0 Å². The molecule has 0 aliphatic heterocycles. The summed E-state index contributed by atoms with van der Waals surface area (Å²) in [5.41, 5.74) is 1.21. The highest BCUT2D eigenvalue weighted by atomic mass is 32.1. The van der Waals surface area contributed by atoms with Gasteiger partial charge in [-0.3, -0.25) is 4.68 Å². The summed E-state index contributed by atoms with van der Waals surface area (Å²) in [6.07, 6.45) is 3.68. The van der Waals surface area contributed by atoms with Crippen molar-refractivity contribution in [2.45, 2.75) is 33.0 Å². The maximum absolute atomic E-state index is 4.29. The van der Waals surface area contributed by atoms with Crippen LogP contribution in [0.4, 0.5) is 0 Å². The highest BCUT2D eigenvalue weighted by Crippen LogP contribution is 2.15. The molecule has 2 rings (SSSR count). The first-order valence-electron chi connectivity index (χ1n) is 5.44. The second kappa shape index (κ2) is 5.23. The highest BCUT2D eigenvalue weighted by molar-refractivity contribution is 7.09. The van der Waals surface area contributed by atoms with Crippen LogP contribution in [0, 0.1) is 0 Å². The average Bonchev–Trinajstić information content (AvgIpc) is 2.96. The molecule has 0 spiro atoms. The fourth-order valence-corrected chi connectivity index (χ4v) is 2.26. The molecule has 0 saturated carbocycles. The predicted octanol–water partition coefficient (Wildman–Crippen LogP) is 2.21. The van der Waals surface area contributed by atoms with E-state index in [1.54, 1.807) is 11.3 Å². The van der Waals surface area contributed by atoms with E-state index in [1.807, 2.05) is 28.5 Å². The first-order chi connectivity index (χ1) is 7.81. The van der Waals surface area contributed by atoms with E-state index in [1.165, 1.54) is 5.69 Å². The van der Waals surface area contributed by atoms with Gasteiger partial charge in [-0.05, 0) is 19.9 Å². The number of thiazole rings is 1. The van der Waals surface area contributed by atoms with E-state index in [0.717, 1.165) is 18.1 Å². The van der Waals surface area contributed by atoms with Gasteiger partial charge >= 0.3 is 0 Å². The maximum Gasteiger partial charge on any atom is 0.109 e. The predicted molar refractivity (Wildman–Crippen MR) is 65.3 cm³/mol. The smallest absolute Gasteiger partial charge is 0.109 e. The van der Waals surface area contributed by atoms with Crippen molar-refractivity contribution < 1.29 is 0 Å². The molecule has 2 aromatic heterocycles. The van der Waals surface area contributed by atoms with Crippen molar-refractivity contribution >= 4 is 11.3 Å². The summed E-state index contributed by atoms with van der Waals surface area (Å²) in [4.78, 5) is 4.29. The van der Waals surface area contributed by atoms with Crippen molar-refractivity contribution in [1.82, 2.24) is 20.1 Å². The minimum atomic E-state index is 0.292. The molecule has 1 atom stereocenters. The molecule has 0 aliphatic carbocycles. The molecule has 86 valence electrons. The van der Waals surface area contributed by atoms with Crippen LogP contribution in [-0.2, 0) is 13.1 Å². The van der Waals surface area contributed by atoms with E-state index in [4.69, 9.17) is 0 Å². The minimum Gasteiger partial charge on any atom is -0.302 e. The Morgan fingerprint density at radius 1 is 1.50 bits per heavy atom. The van der Waals surface area contributed by atoms with Gasteiger partial charge in [-0.25, -0.2) is 4.98 Å². The van der Waals surface area contributed by atoms with Crippen LogP contribution in [0.2, 0.25) is 0 Å². The average molecular weight is 236 g/mol. The molecule has 0 amide bonds. The minimum absolute atomic E-state index is 0.292. The third kappa shape index (κ3) is 2.48. The molecule has 0 aromatic carbocycles. The van der Waals surface area contributed by atoms with Crippen LogP contribution in [0.15, 0.2) is 23.8 Å². The zero-order valence-electron chi connectivity index (χ0n) is 9.55. The molecule has 1 N–H and O–H groups in total. The molecule has 1 unspecified atom stereocenters. The van der Waals surface area contributed by atoms with Gasteiger partial charge < -0.3 is 5.32 Å². The van der Waals surface area contributed by atoms with E-state index in [2.05, 4.69) is 29.2 Å². The first kappa shape index (κ1) is 11.3. The molecular formula is C11H16N4S. The van der Waals surface area contributed by atoms with Gasteiger partial charge in [-0.15, -0.1) is 11.3 Å². The van der Waals surface area contributed by atoms with Crippen LogP contribution < -0.4 is 5.32 Å². The second-order valence-electron chi connectivity index (χ2n) is 3.61. The fourth-order valence-electron chi connectivity index (χ4n) is 1.59. The fraction of sp³-hybridized carbons (Fsp3) is 0.455. The Bertz CT molecular complexity index is 421. The molecule has 0 fully saturated rings. The number of nitrogens with one attached hydrogen (secondary N) is 1. The van der Waals surface area contributed by atoms with Crippen LogP contribution in [0.3, 0.4) is 0 Å². The molecule has 0 bridgehead atoms. The Morgan fingerprint density at radius 3 is 3.06 bits per heavy atom. The Balaban J connectivity index is 1.92. The van der Waals surface area contributed by atoms with Gasteiger partial charge in [0.2, 0.25) is 0 Å². The van der Waals surface area contributed by atoms with Crippen LogP contribution in [-0.4, -0.2) is 14.8 Å². The molecule has 2 heterocycles. The SMILES string of the molecule is CCn1nccc1CNC(C)c1nccs1. The summed E-state index contributed by atoms with van der Waals surface area (Å²) in [5.74, 6) is 0. The van der Waals surface area contributed by atoms with E-state index in [9.17, 15) is 0 Å². The lowest BCUT2D eigenvalue weighted by Gasteiger charge is -2.11. The molecule has 16 heavy (non-hydrogen) atoms. The van der Waals surface area contributed by atoms with Gasteiger partial charge in [0.15, 0.2) is 0 Å². The summed E-state index contributed by atoms with van der Waals surface area (Å²) >= 11 is 1.68. The lowest BCUT2D eigenvalue weighted by atomic mass is 10.3. The van der Waals surface area contributed by atoms with Gasteiger partial charge in [0.25, 0.3) is 0 Å². The zero-order valence-corrected chi connectivity index (χ0v) is 10.4. The topological polar surface area (TPSA) is 42.7 Å². The Hall–Kier alpha value is -1.20. The van der Waals surface area contributed by atoms with Crippen LogP contribution in [0.1, 0.15) is 30.6 Å². The molecule has 2 aromatic rings. The van der Waals surface area contributed by atoms with Crippen LogP contribution in [0.25, 0.3) is 0 Å². The third-order valence-corrected chi connectivity index (χ3v) is 3.47. The van der Waals surface area contributed by atoms with Crippen LogP contribution >= 0.6 is 11.3 Å². The van der Waals surface area contributed by atoms with Gasteiger partial charge in [0, 0.05) is 30.9 Å². The number of rotatable bonds is 5. The summed E-state index contributed by atoms with van der Waals surface area (Å²) in [6.45, 7) is 5.97. The van der Waals surface area contributed by atoms with E-state index >= 15 is 0 Å². The number of nitrogens with zero attached hydrogens (tertiary/aromatic N) is 3. The summed E-state index contributed by atoms with van der Waals surface area (Å²) in [6, 6.07) is 2.34. The Morgan fingerprint density at radius 2 is 2.38 bits per heavy atom. The Kier molecular flexibility index (Phi) is 3.69. The quantitative estimate of drug-likeness (QED) is 0.865. The molecule has 5 heteroatoms. The normalized spacial score (nSPS) is 12.9. The summed E-state index contributed by atoms with van der Waals surface area (Å²) in [7, 11) is 0. The number of hydrogen-bond acceptors (Lipinski definition) is 4. The molecule has 0 radical (unpaired) electrons. The second-order valence-corrected chi connectivity index (χ2v) is 4.54. The van der Waals surface area contributed by atoms with Crippen LogP contribution in [0.5, 0.6) is 0 Å². The monoisotopic (exact) mass is 236 g/mol. The number of aromatic nitrogens is 3. The van der Waals surface area contributed by atoms with Crippen molar-refractivity contribution in [1.29, 1.82) is 0 Å². The number of hydrogen-bond donors (Lipinski definition) is 1. The summed E-state index contributed by atoms with van der Waals surface area (Å²) in [5, 5.41) is 10.8. The lowest BCUT2D eigenvalue weighted by Crippen LogP contribution is -2.20. The zero-order chi connectivity index (χ0) is 11.4. The van der Waals surface area contributed by atoms with Gasteiger partial charge in [-0.1, -0.05) is 0 Å². The van der Waals surface area contributed by atoms with Crippen molar-refractivity contribution in [3.05, 3.63) is 34.5 Å².